The molecule has 1 aliphatic rings. The summed E-state index contributed by atoms with van der Waals surface area (Å²) in [7, 11) is -3.90. The highest BCUT2D eigenvalue weighted by atomic mass is 79.9. The number of pyridine rings is 1. The number of oxazole rings is 1. The van der Waals surface area contributed by atoms with Gasteiger partial charge in [-0.15, -0.1) is 0 Å². The number of carbonyl (C=O) groups excluding carboxylic acids is 1. The van der Waals surface area contributed by atoms with Crippen molar-refractivity contribution in [1.29, 1.82) is 0 Å². The van der Waals surface area contributed by atoms with Crippen LogP contribution < -0.4 is 5.32 Å². The Kier molecular flexibility index (Phi) is 6.20. The summed E-state index contributed by atoms with van der Waals surface area (Å²) in [5.41, 5.74) is -4.43. The molecule has 4 rings (SSSR count). The second-order valence-corrected chi connectivity index (χ2v) is 11.3. The van der Waals surface area contributed by atoms with E-state index in [-0.39, 0.29) is 66.7 Å². The fourth-order valence-electron chi connectivity index (χ4n) is 2.97. The summed E-state index contributed by atoms with van der Waals surface area (Å²) in [6, 6.07) is 4.83. The van der Waals surface area contributed by atoms with Gasteiger partial charge in [0.25, 0.3) is 0 Å². The molecule has 14 heteroatoms. The molecule has 1 aliphatic carbocycles. The maximum absolute atomic E-state index is 13.2. The zero-order valence-corrected chi connectivity index (χ0v) is 19.8. The third kappa shape index (κ3) is 5.17. The molecule has 0 radical (unpaired) electrons. The zero-order valence-electron chi connectivity index (χ0n) is 16.6. The van der Waals surface area contributed by atoms with Gasteiger partial charge in [0.15, 0.2) is 15.4 Å². The van der Waals surface area contributed by atoms with Gasteiger partial charge < -0.3 is 9.73 Å². The number of sulfone groups is 1. The van der Waals surface area contributed by atoms with Crippen molar-refractivity contribution >= 4 is 60.2 Å². The van der Waals surface area contributed by atoms with Crippen LogP contribution in [0.1, 0.15) is 13.3 Å². The van der Waals surface area contributed by atoms with Crippen LogP contribution in [0.3, 0.4) is 0 Å². The molecular weight excluding hydrogens is 554 g/mol. The highest BCUT2D eigenvalue weighted by Gasteiger charge is 2.44. The van der Waals surface area contributed by atoms with Crippen LogP contribution in [0, 0.1) is 5.92 Å². The molecule has 0 spiro atoms. The Labute approximate surface area is 197 Å². The van der Waals surface area contributed by atoms with Crippen molar-refractivity contribution in [2.45, 2.75) is 34.8 Å². The van der Waals surface area contributed by atoms with Gasteiger partial charge in [-0.25, -0.2) is 22.8 Å². The minimum absolute atomic E-state index is 0.0230. The van der Waals surface area contributed by atoms with E-state index in [1.54, 1.807) is 0 Å². The molecule has 1 amide bonds. The average molecular weight is 568 g/mol. The first-order valence-corrected chi connectivity index (χ1v) is 12.7. The third-order valence-corrected chi connectivity index (χ3v) is 7.83. The van der Waals surface area contributed by atoms with Crippen molar-refractivity contribution in [3.05, 3.63) is 28.9 Å². The summed E-state index contributed by atoms with van der Waals surface area (Å²) in [5, 5.41) is 2.46. The maximum Gasteiger partial charge on any atom is 0.446 e. The van der Waals surface area contributed by atoms with Gasteiger partial charge in [-0.3, -0.25) is 4.79 Å². The highest BCUT2D eigenvalue weighted by molar-refractivity contribution is 9.10. The van der Waals surface area contributed by atoms with Crippen molar-refractivity contribution in [3.63, 3.8) is 0 Å². The van der Waals surface area contributed by atoms with Crippen molar-refractivity contribution in [1.82, 2.24) is 9.97 Å². The number of alkyl halides is 4. The molecule has 1 aromatic carbocycles. The predicted octanol–water partition coefficient (Wildman–Crippen LogP) is 5.35. The second-order valence-electron chi connectivity index (χ2n) is 7.12. The summed E-state index contributed by atoms with van der Waals surface area (Å²) >= 11 is 2.84. The molecule has 0 saturated heterocycles. The summed E-state index contributed by atoms with van der Waals surface area (Å²) in [6.45, 7) is 1.41. The number of hydrogen-bond donors (Lipinski definition) is 1. The summed E-state index contributed by atoms with van der Waals surface area (Å²) in [5.74, 6) is -1.94. The number of anilines is 1. The van der Waals surface area contributed by atoms with Crippen LogP contribution in [0.4, 0.5) is 23.2 Å². The monoisotopic (exact) mass is 567 g/mol. The number of carbonyl (C=O) groups is 1. The zero-order chi connectivity index (χ0) is 24.1. The minimum Gasteiger partial charge on any atom is -0.435 e. The van der Waals surface area contributed by atoms with Gasteiger partial charge in [-0.1, -0.05) is 6.92 Å². The van der Waals surface area contributed by atoms with Gasteiger partial charge in [0, 0.05) is 4.90 Å². The Bertz CT molecular complexity index is 1360. The Hall–Kier alpha value is -2.19. The van der Waals surface area contributed by atoms with E-state index in [1.807, 2.05) is 0 Å². The number of thioether (sulfide) groups is 1. The number of rotatable bonds is 6. The molecule has 2 heterocycles. The fraction of sp³-hybridized carbons (Fsp3) is 0.316. The van der Waals surface area contributed by atoms with E-state index in [1.165, 1.54) is 31.2 Å². The number of aromatic nitrogens is 2. The molecule has 2 atom stereocenters. The van der Waals surface area contributed by atoms with Crippen LogP contribution in [0.15, 0.2) is 43.1 Å². The second kappa shape index (κ2) is 8.55. The largest absolute Gasteiger partial charge is 0.446 e. The summed E-state index contributed by atoms with van der Waals surface area (Å²) in [4.78, 5) is 20.0. The highest BCUT2D eigenvalue weighted by Crippen LogP contribution is 2.40. The standard InChI is InChI=1S/C19H14BrF4N3O4S2/c1-2-33(29,30)14-7-12(25-17(28)9-6-10(9)21)16(20)27-15(14)18-26-11-5-8(32-19(22,23)24)3-4-13(11)31-18/h3-5,7,9-10H,2,6H2,1H3,(H,25,28)/t9-,10+/m0/s1. The molecule has 0 unspecified atom stereocenters. The van der Waals surface area contributed by atoms with Gasteiger partial charge in [-0.2, -0.15) is 13.2 Å². The molecule has 0 bridgehead atoms. The van der Waals surface area contributed by atoms with E-state index >= 15 is 0 Å². The van der Waals surface area contributed by atoms with E-state index in [0.717, 1.165) is 0 Å². The number of halogens is 5. The topological polar surface area (TPSA) is 102 Å². The number of nitrogens with zero attached hydrogens (tertiary/aromatic N) is 2. The SMILES string of the molecule is CCS(=O)(=O)c1cc(NC(=O)[C@H]2C[C@H]2F)c(Br)nc1-c1nc2cc(SC(F)(F)F)ccc2o1. The van der Waals surface area contributed by atoms with Crippen molar-refractivity contribution in [2.75, 3.05) is 11.1 Å². The van der Waals surface area contributed by atoms with E-state index < -0.39 is 33.3 Å². The van der Waals surface area contributed by atoms with E-state index in [9.17, 15) is 30.8 Å². The lowest BCUT2D eigenvalue weighted by molar-refractivity contribution is -0.117. The molecule has 176 valence electrons. The molecule has 2 aromatic heterocycles. The lowest BCUT2D eigenvalue weighted by atomic mass is 10.3. The summed E-state index contributed by atoms with van der Waals surface area (Å²) < 4.78 is 82.3. The maximum atomic E-state index is 13.2. The van der Waals surface area contributed by atoms with Crippen molar-refractivity contribution < 1.29 is 35.2 Å². The van der Waals surface area contributed by atoms with Crippen LogP contribution in [-0.4, -0.2) is 41.7 Å². The quantitative estimate of drug-likeness (QED) is 0.243. The Morgan fingerprint density at radius 1 is 1.30 bits per heavy atom. The van der Waals surface area contributed by atoms with Crippen LogP contribution in [0.5, 0.6) is 0 Å². The van der Waals surface area contributed by atoms with Crippen molar-refractivity contribution in [3.8, 4) is 11.6 Å². The van der Waals surface area contributed by atoms with Gasteiger partial charge in [-0.05, 0) is 58.4 Å². The number of hydrogen-bond acceptors (Lipinski definition) is 7. The van der Waals surface area contributed by atoms with Gasteiger partial charge in [0.2, 0.25) is 11.8 Å². The van der Waals surface area contributed by atoms with E-state index in [2.05, 4.69) is 31.2 Å². The normalized spacial score (nSPS) is 18.5. The number of benzene rings is 1. The molecule has 33 heavy (non-hydrogen) atoms. The van der Waals surface area contributed by atoms with Gasteiger partial charge >= 0.3 is 5.51 Å². The van der Waals surface area contributed by atoms with Gasteiger partial charge in [0.1, 0.15) is 26.9 Å². The Morgan fingerprint density at radius 3 is 2.61 bits per heavy atom. The van der Waals surface area contributed by atoms with E-state index in [4.69, 9.17) is 4.42 Å². The smallest absolute Gasteiger partial charge is 0.435 e. The van der Waals surface area contributed by atoms with Crippen molar-refractivity contribution in [2.24, 2.45) is 5.92 Å². The van der Waals surface area contributed by atoms with Crippen LogP contribution >= 0.6 is 27.7 Å². The van der Waals surface area contributed by atoms with E-state index in [0.29, 0.717) is 0 Å². The predicted molar refractivity (Wildman–Crippen MR) is 116 cm³/mol. The minimum atomic E-state index is -4.49. The molecular formula is C19H14BrF4N3O4S2. The molecule has 3 aromatic rings. The van der Waals surface area contributed by atoms with Crippen LogP contribution in [-0.2, 0) is 14.6 Å². The summed E-state index contributed by atoms with van der Waals surface area (Å²) in [6.07, 6.45) is -1.15. The third-order valence-electron chi connectivity index (χ3n) is 4.76. The number of fused-ring (bicyclic) bond motifs is 1. The lowest BCUT2D eigenvalue weighted by Gasteiger charge is -2.12. The van der Waals surface area contributed by atoms with Gasteiger partial charge in [0.05, 0.1) is 17.4 Å². The number of amides is 1. The first-order valence-electron chi connectivity index (χ1n) is 9.43. The first-order chi connectivity index (χ1) is 15.4. The number of nitrogens with one attached hydrogen (secondary N) is 1. The molecule has 1 N–H and O–H groups in total. The first kappa shape index (κ1) is 24.0. The Morgan fingerprint density at radius 2 is 2.00 bits per heavy atom. The molecule has 1 fully saturated rings. The fourth-order valence-corrected chi connectivity index (χ4v) is 4.97. The van der Waals surface area contributed by atoms with Crippen LogP contribution in [0.25, 0.3) is 22.7 Å². The molecule has 0 aliphatic heterocycles. The van der Waals surface area contributed by atoms with Crippen LogP contribution in [0.2, 0.25) is 0 Å². The Balaban J connectivity index is 1.78. The molecule has 1 saturated carbocycles. The average Bonchev–Trinajstić information content (AvgIpc) is 3.30. The lowest BCUT2D eigenvalue weighted by Crippen LogP contribution is -2.17. The molecule has 7 nitrogen and oxygen atoms in total.